The summed E-state index contributed by atoms with van der Waals surface area (Å²) in [4.78, 5) is 8.57. The highest BCUT2D eigenvalue weighted by Gasteiger charge is 2.15. The van der Waals surface area contributed by atoms with Crippen LogP contribution in [0.4, 0.5) is 5.95 Å². The van der Waals surface area contributed by atoms with Crippen molar-refractivity contribution in [3.05, 3.63) is 18.0 Å². The van der Waals surface area contributed by atoms with Crippen LogP contribution in [0.25, 0.3) is 0 Å². The summed E-state index contributed by atoms with van der Waals surface area (Å²) in [7, 11) is 0. The van der Waals surface area contributed by atoms with E-state index in [9.17, 15) is 0 Å². The lowest BCUT2D eigenvalue weighted by atomic mass is 10.1. The Kier molecular flexibility index (Phi) is 3.72. The standard InChI is InChI=1S/C12H19N3O/c1-9(2)10-6-13-12(14-7-10)15-8-11-4-3-5-16-11/h6-7,9,11H,3-5,8H2,1-2H3,(H,13,14,15). The quantitative estimate of drug-likeness (QED) is 0.846. The first-order valence-electron chi connectivity index (χ1n) is 5.93. The third-order valence-corrected chi connectivity index (χ3v) is 2.85. The maximum absolute atomic E-state index is 5.52. The van der Waals surface area contributed by atoms with Crippen LogP contribution in [0, 0.1) is 0 Å². The average Bonchev–Trinajstić information content (AvgIpc) is 2.80. The van der Waals surface area contributed by atoms with Gasteiger partial charge < -0.3 is 10.1 Å². The summed E-state index contributed by atoms with van der Waals surface area (Å²) in [5.41, 5.74) is 1.17. The molecule has 1 N–H and O–H groups in total. The van der Waals surface area contributed by atoms with E-state index in [4.69, 9.17) is 4.74 Å². The lowest BCUT2D eigenvalue weighted by molar-refractivity contribution is 0.120. The SMILES string of the molecule is CC(C)c1cnc(NCC2CCCO2)nc1. The maximum Gasteiger partial charge on any atom is 0.222 e. The fourth-order valence-corrected chi connectivity index (χ4v) is 1.74. The summed E-state index contributed by atoms with van der Waals surface area (Å²) in [5.74, 6) is 1.17. The molecule has 0 aliphatic carbocycles. The Bertz CT molecular complexity index is 318. The highest BCUT2D eigenvalue weighted by atomic mass is 16.5. The van der Waals surface area contributed by atoms with E-state index in [-0.39, 0.29) is 0 Å². The first kappa shape index (κ1) is 11.3. The highest BCUT2D eigenvalue weighted by Crippen LogP contribution is 2.14. The maximum atomic E-state index is 5.52. The largest absolute Gasteiger partial charge is 0.376 e. The third kappa shape index (κ3) is 2.92. The van der Waals surface area contributed by atoms with E-state index in [0.29, 0.717) is 18.0 Å². The molecule has 2 heterocycles. The molecule has 16 heavy (non-hydrogen) atoms. The van der Waals surface area contributed by atoms with E-state index in [1.165, 1.54) is 12.0 Å². The minimum absolute atomic E-state index is 0.327. The number of hydrogen-bond acceptors (Lipinski definition) is 4. The normalized spacial score (nSPS) is 20.3. The van der Waals surface area contributed by atoms with E-state index >= 15 is 0 Å². The summed E-state index contributed by atoms with van der Waals surface area (Å²) in [6.07, 6.45) is 6.40. The number of ether oxygens (including phenoxy) is 1. The minimum atomic E-state index is 0.327. The van der Waals surface area contributed by atoms with Gasteiger partial charge in [-0.1, -0.05) is 13.8 Å². The average molecular weight is 221 g/mol. The summed E-state index contributed by atoms with van der Waals surface area (Å²) in [6.45, 7) is 5.97. The molecule has 1 atom stereocenters. The van der Waals surface area contributed by atoms with Crippen molar-refractivity contribution >= 4 is 5.95 Å². The Morgan fingerprint density at radius 1 is 1.44 bits per heavy atom. The van der Waals surface area contributed by atoms with Gasteiger partial charge in [0.1, 0.15) is 0 Å². The smallest absolute Gasteiger partial charge is 0.222 e. The van der Waals surface area contributed by atoms with Crippen molar-refractivity contribution in [2.45, 2.75) is 38.7 Å². The summed E-state index contributed by atoms with van der Waals surface area (Å²) in [6, 6.07) is 0. The number of rotatable bonds is 4. The van der Waals surface area contributed by atoms with Crippen molar-refractivity contribution < 1.29 is 4.74 Å². The third-order valence-electron chi connectivity index (χ3n) is 2.85. The first-order chi connectivity index (χ1) is 7.75. The Morgan fingerprint density at radius 2 is 2.19 bits per heavy atom. The van der Waals surface area contributed by atoms with E-state index in [1.807, 2.05) is 12.4 Å². The molecule has 4 heteroatoms. The molecule has 0 saturated carbocycles. The Hall–Kier alpha value is -1.16. The molecule has 2 rings (SSSR count). The molecule has 0 aromatic carbocycles. The van der Waals surface area contributed by atoms with Crippen molar-refractivity contribution in [3.8, 4) is 0 Å². The van der Waals surface area contributed by atoms with Crippen molar-refractivity contribution in [2.75, 3.05) is 18.5 Å². The lowest BCUT2D eigenvalue weighted by Gasteiger charge is -2.11. The molecular weight excluding hydrogens is 202 g/mol. The van der Waals surface area contributed by atoms with Gasteiger partial charge in [-0.3, -0.25) is 0 Å². The van der Waals surface area contributed by atoms with Crippen LogP contribution in [0.3, 0.4) is 0 Å². The van der Waals surface area contributed by atoms with Gasteiger partial charge in [-0.25, -0.2) is 9.97 Å². The molecule has 4 nitrogen and oxygen atoms in total. The molecule has 1 aromatic rings. The Morgan fingerprint density at radius 3 is 2.75 bits per heavy atom. The summed E-state index contributed by atoms with van der Waals surface area (Å²) in [5, 5.41) is 3.21. The molecule has 1 aliphatic heterocycles. The number of nitrogens with one attached hydrogen (secondary N) is 1. The number of hydrogen-bond donors (Lipinski definition) is 1. The zero-order valence-electron chi connectivity index (χ0n) is 9.94. The summed E-state index contributed by atoms with van der Waals surface area (Å²) >= 11 is 0. The molecule has 88 valence electrons. The zero-order chi connectivity index (χ0) is 11.4. The number of aromatic nitrogens is 2. The van der Waals surface area contributed by atoms with Crippen LogP contribution in [-0.2, 0) is 4.74 Å². The van der Waals surface area contributed by atoms with E-state index in [1.54, 1.807) is 0 Å². The van der Waals surface area contributed by atoms with Gasteiger partial charge in [0.2, 0.25) is 5.95 Å². The second kappa shape index (κ2) is 5.25. The van der Waals surface area contributed by atoms with Crippen molar-refractivity contribution in [1.29, 1.82) is 0 Å². The summed E-state index contributed by atoms with van der Waals surface area (Å²) < 4.78 is 5.52. The zero-order valence-corrected chi connectivity index (χ0v) is 9.94. The Labute approximate surface area is 96.4 Å². The predicted octanol–water partition coefficient (Wildman–Crippen LogP) is 2.19. The highest BCUT2D eigenvalue weighted by molar-refractivity contribution is 5.25. The molecule has 0 spiro atoms. The van der Waals surface area contributed by atoms with Gasteiger partial charge >= 0.3 is 0 Å². The number of anilines is 1. The first-order valence-corrected chi connectivity index (χ1v) is 5.93. The second-order valence-electron chi connectivity index (χ2n) is 4.51. The van der Waals surface area contributed by atoms with Gasteiger partial charge in [-0.2, -0.15) is 0 Å². The number of nitrogens with zero attached hydrogens (tertiary/aromatic N) is 2. The Balaban J connectivity index is 1.84. The predicted molar refractivity (Wildman–Crippen MR) is 63.6 cm³/mol. The molecule has 1 aromatic heterocycles. The fraction of sp³-hybridized carbons (Fsp3) is 0.667. The van der Waals surface area contributed by atoms with Gasteiger partial charge in [0.15, 0.2) is 0 Å². The molecule has 1 unspecified atom stereocenters. The molecule has 1 saturated heterocycles. The molecule has 0 radical (unpaired) electrons. The van der Waals surface area contributed by atoms with Crippen LogP contribution >= 0.6 is 0 Å². The topological polar surface area (TPSA) is 47.0 Å². The molecular formula is C12H19N3O. The van der Waals surface area contributed by atoms with E-state index < -0.39 is 0 Å². The lowest BCUT2D eigenvalue weighted by Crippen LogP contribution is -2.19. The molecule has 0 amide bonds. The van der Waals surface area contributed by atoms with Gasteiger partial charge in [-0.15, -0.1) is 0 Å². The van der Waals surface area contributed by atoms with Crippen LogP contribution in [-0.4, -0.2) is 29.2 Å². The van der Waals surface area contributed by atoms with Crippen molar-refractivity contribution in [3.63, 3.8) is 0 Å². The van der Waals surface area contributed by atoms with Crippen molar-refractivity contribution in [2.24, 2.45) is 0 Å². The van der Waals surface area contributed by atoms with Crippen LogP contribution in [0.1, 0.15) is 38.2 Å². The van der Waals surface area contributed by atoms with Crippen LogP contribution in [0.2, 0.25) is 0 Å². The van der Waals surface area contributed by atoms with E-state index in [2.05, 4.69) is 29.1 Å². The van der Waals surface area contributed by atoms with Crippen molar-refractivity contribution in [1.82, 2.24) is 9.97 Å². The molecule has 1 fully saturated rings. The van der Waals surface area contributed by atoms with Gasteiger partial charge in [0, 0.05) is 25.5 Å². The second-order valence-corrected chi connectivity index (χ2v) is 4.51. The molecule has 0 bridgehead atoms. The fourth-order valence-electron chi connectivity index (χ4n) is 1.74. The van der Waals surface area contributed by atoms with Gasteiger partial charge in [0.25, 0.3) is 0 Å². The van der Waals surface area contributed by atoms with Crippen LogP contribution < -0.4 is 5.32 Å². The van der Waals surface area contributed by atoms with Gasteiger partial charge in [-0.05, 0) is 24.3 Å². The molecule has 1 aliphatic rings. The monoisotopic (exact) mass is 221 g/mol. The minimum Gasteiger partial charge on any atom is -0.376 e. The van der Waals surface area contributed by atoms with Crippen LogP contribution in [0.15, 0.2) is 12.4 Å². The van der Waals surface area contributed by atoms with E-state index in [0.717, 1.165) is 19.6 Å². The van der Waals surface area contributed by atoms with Gasteiger partial charge in [0.05, 0.1) is 6.10 Å². The van der Waals surface area contributed by atoms with Crippen LogP contribution in [0.5, 0.6) is 0 Å².